The molecule has 1 N–H and O–H groups in total. The average Bonchev–Trinajstić information content (AvgIpc) is 2.85. The van der Waals surface area contributed by atoms with E-state index in [2.05, 4.69) is 5.32 Å². The number of amides is 1. The first-order valence-corrected chi connectivity index (χ1v) is 7.70. The van der Waals surface area contributed by atoms with Gasteiger partial charge in [-0.25, -0.2) is 0 Å². The first-order valence-electron chi connectivity index (χ1n) is 6.44. The lowest BCUT2D eigenvalue weighted by Gasteiger charge is -2.30. The van der Waals surface area contributed by atoms with Crippen LogP contribution in [0.25, 0.3) is 0 Å². The number of morpholine rings is 1. The molecular weight excluding hydrogens is 284 g/mol. The van der Waals surface area contributed by atoms with Gasteiger partial charge < -0.3 is 9.64 Å². The number of halogens is 1. The Kier molecular flexibility index (Phi) is 5.21. The molecule has 0 aliphatic carbocycles. The van der Waals surface area contributed by atoms with Crippen LogP contribution in [0.1, 0.15) is 25.5 Å². The van der Waals surface area contributed by atoms with E-state index in [9.17, 15) is 4.79 Å². The number of hydrogen-bond donors (Lipinski definition) is 1. The lowest BCUT2D eigenvalue weighted by molar-refractivity contribution is -0.137. The van der Waals surface area contributed by atoms with Crippen LogP contribution >= 0.6 is 22.9 Å². The van der Waals surface area contributed by atoms with Crippen LogP contribution in [0.15, 0.2) is 11.4 Å². The molecule has 1 fully saturated rings. The summed E-state index contributed by atoms with van der Waals surface area (Å²) in [6.45, 7) is 6.58. The molecule has 0 saturated carbocycles. The highest BCUT2D eigenvalue weighted by atomic mass is 35.5. The zero-order valence-electron chi connectivity index (χ0n) is 11.2. The quantitative estimate of drug-likeness (QED) is 0.928. The van der Waals surface area contributed by atoms with Crippen LogP contribution in [0.5, 0.6) is 0 Å². The summed E-state index contributed by atoms with van der Waals surface area (Å²) in [7, 11) is 0. The summed E-state index contributed by atoms with van der Waals surface area (Å²) >= 11 is 7.44. The van der Waals surface area contributed by atoms with E-state index in [-0.39, 0.29) is 18.0 Å². The van der Waals surface area contributed by atoms with Gasteiger partial charge in [-0.2, -0.15) is 0 Å². The maximum atomic E-state index is 12.3. The van der Waals surface area contributed by atoms with Crippen LogP contribution in [-0.2, 0) is 9.53 Å². The van der Waals surface area contributed by atoms with E-state index >= 15 is 0 Å². The second kappa shape index (κ2) is 6.70. The minimum absolute atomic E-state index is 0.115. The van der Waals surface area contributed by atoms with Crippen molar-refractivity contribution in [3.05, 3.63) is 21.3 Å². The number of ether oxygens (including phenoxy) is 1. The molecular formula is C13H19ClN2O2S. The second-order valence-electron chi connectivity index (χ2n) is 4.73. The Bertz CT molecular complexity index is 432. The Labute approximate surface area is 122 Å². The van der Waals surface area contributed by atoms with E-state index in [1.807, 2.05) is 30.2 Å². The van der Waals surface area contributed by atoms with Crippen LogP contribution in [0, 0.1) is 0 Å². The van der Waals surface area contributed by atoms with Crippen molar-refractivity contribution in [3.63, 3.8) is 0 Å². The molecule has 0 radical (unpaired) electrons. The zero-order chi connectivity index (χ0) is 13.8. The maximum Gasteiger partial charge on any atom is 0.239 e. The highest BCUT2D eigenvalue weighted by molar-refractivity contribution is 7.14. The molecule has 1 aromatic heterocycles. The number of nitrogens with one attached hydrogen (secondary N) is 1. The normalized spacial score (nSPS) is 19.2. The second-order valence-corrected chi connectivity index (χ2v) is 6.27. The highest BCUT2D eigenvalue weighted by Crippen LogP contribution is 2.24. The van der Waals surface area contributed by atoms with E-state index in [0.29, 0.717) is 26.3 Å². The summed E-state index contributed by atoms with van der Waals surface area (Å²) in [5, 5.41) is 5.34. The lowest BCUT2D eigenvalue weighted by Crippen LogP contribution is -2.49. The van der Waals surface area contributed by atoms with Gasteiger partial charge in [-0.15, -0.1) is 11.3 Å². The van der Waals surface area contributed by atoms with Gasteiger partial charge in [-0.3, -0.25) is 10.1 Å². The molecule has 1 amide bonds. The SMILES string of the molecule is CC(NC(C)c1csc(Cl)c1)C(=O)N1CCOCC1. The van der Waals surface area contributed by atoms with Gasteiger partial charge in [-0.1, -0.05) is 11.6 Å². The Hall–Kier alpha value is -0.620. The number of carbonyl (C=O) groups excluding carboxylic acids is 1. The van der Waals surface area contributed by atoms with Crippen molar-refractivity contribution in [3.8, 4) is 0 Å². The highest BCUT2D eigenvalue weighted by Gasteiger charge is 2.23. The van der Waals surface area contributed by atoms with Crippen molar-refractivity contribution in [2.75, 3.05) is 26.3 Å². The topological polar surface area (TPSA) is 41.6 Å². The van der Waals surface area contributed by atoms with Gasteiger partial charge in [0.05, 0.1) is 23.6 Å². The summed E-state index contributed by atoms with van der Waals surface area (Å²) in [6, 6.07) is 1.85. The van der Waals surface area contributed by atoms with Gasteiger partial charge >= 0.3 is 0 Å². The molecule has 2 unspecified atom stereocenters. The van der Waals surface area contributed by atoms with E-state index in [4.69, 9.17) is 16.3 Å². The van der Waals surface area contributed by atoms with Crippen LogP contribution in [0.4, 0.5) is 0 Å². The molecule has 0 aromatic carbocycles. The molecule has 106 valence electrons. The minimum Gasteiger partial charge on any atom is -0.378 e. The minimum atomic E-state index is -0.202. The van der Waals surface area contributed by atoms with Crippen LogP contribution in [0.3, 0.4) is 0 Å². The molecule has 1 aliphatic heterocycles. The summed E-state index contributed by atoms with van der Waals surface area (Å²) in [4.78, 5) is 14.1. The molecule has 2 rings (SSSR count). The summed E-state index contributed by atoms with van der Waals surface area (Å²) in [5.74, 6) is 0.136. The van der Waals surface area contributed by atoms with Gasteiger partial charge in [-0.05, 0) is 30.9 Å². The van der Waals surface area contributed by atoms with Crippen LogP contribution in [-0.4, -0.2) is 43.2 Å². The largest absolute Gasteiger partial charge is 0.378 e. The number of nitrogens with zero attached hydrogens (tertiary/aromatic N) is 1. The Balaban J connectivity index is 1.89. The fourth-order valence-electron chi connectivity index (χ4n) is 2.15. The van der Waals surface area contributed by atoms with Crippen molar-refractivity contribution in [2.45, 2.75) is 25.9 Å². The molecule has 2 atom stereocenters. The Morgan fingerprint density at radius 3 is 2.74 bits per heavy atom. The van der Waals surface area contributed by atoms with Gasteiger partial charge in [0.2, 0.25) is 5.91 Å². The predicted molar refractivity (Wildman–Crippen MR) is 77.7 cm³/mol. The molecule has 1 saturated heterocycles. The van der Waals surface area contributed by atoms with Crippen molar-refractivity contribution in [2.24, 2.45) is 0 Å². The summed E-state index contributed by atoms with van der Waals surface area (Å²) in [5.41, 5.74) is 1.12. The number of thiophene rings is 1. The number of hydrogen-bond acceptors (Lipinski definition) is 4. The molecule has 6 heteroatoms. The fourth-order valence-corrected chi connectivity index (χ4v) is 3.14. The zero-order valence-corrected chi connectivity index (χ0v) is 12.8. The number of rotatable bonds is 4. The smallest absolute Gasteiger partial charge is 0.239 e. The third kappa shape index (κ3) is 3.92. The molecule has 1 aliphatic rings. The predicted octanol–water partition coefficient (Wildman–Crippen LogP) is 2.30. The Morgan fingerprint density at radius 2 is 2.16 bits per heavy atom. The monoisotopic (exact) mass is 302 g/mol. The first kappa shape index (κ1) is 14.8. The number of carbonyl (C=O) groups is 1. The van der Waals surface area contributed by atoms with Crippen molar-refractivity contribution >= 4 is 28.8 Å². The van der Waals surface area contributed by atoms with Crippen molar-refractivity contribution in [1.29, 1.82) is 0 Å². The van der Waals surface area contributed by atoms with Crippen molar-refractivity contribution < 1.29 is 9.53 Å². The summed E-state index contributed by atoms with van der Waals surface area (Å²) < 4.78 is 6.03. The van der Waals surface area contributed by atoms with Gasteiger partial charge in [0.15, 0.2) is 0 Å². The van der Waals surface area contributed by atoms with Crippen LogP contribution in [0.2, 0.25) is 4.34 Å². The average molecular weight is 303 g/mol. The molecule has 1 aromatic rings. The van der Waals surface area contributed by atoms with Gasteiger partial charge in [0, 0.05) is 19.1 Å². The van der Waals surface area contributed by atoms with E-state index in [1.165, 1.54) is 11.3 Å². The third-order valence-electron chi connectivity index (χ3n) is 3.28. The van der Waals surface area contributed by atoms with E-state index in [0.717, 1.165) is 9.90 Å². The van der Waals surface area contributed by atoms with E-state index < -0.39 is 0 Å². The van der Waals surface area contributed by atoms with Crippen molar-refractivity contribution in [1.82, 2.24) is 10.2 Å². The molecule has 4 nitrogen and oxygen atoms in total. The maximum absolute atomic E-state index is 12.3. The first-order chi connectivity index (χ1) is 9.08. The molecule has 0 spiro atoms. The lowest BCUT2D eigenvalue weighted by atomic mass is 10.1. The third-order valence-corrected chi connectivity index (χ3v) is 4.39. The van der Waals surface area contributed by atoms with Gasteiger partial charge in [0.1, 0.15) is 0 Å². The molecule has 2 heterocycles. The van der Waals surface area contributed by atoms with Gasteiger partial charge in [0.25, 0.3) is 0 Å². The van der Waals surface area contributed by atoms with E-state index in [1.54, 1.807) is 0 Å². The molecule has 19 heavy (non-hydrogen) atoms. The fraction of sp³-hybridized carbons (Fsp3) is 0.615. The Morgan fingerprint density at radius 1 is 1.47 bits per heavy atom. The molecule has 0 bridgehead atoms. The summed E-state index contributed by atoms with van der Waals surface area (Å²) in [6.07, 6.45) is 0. The standard InChI is InChI=1S/C13H19ClN2O2S/c1-9(11-7-12(14)19-8-11)15-10(2)13(17)16-3-5-18-6-4-16/h7-10,15H,3-6H2,1-2H3. The van der Waals surface area contributed by atoms with Crippen LogP contribution < -0.4 is 5.32 Å².